The highest BCUT2D eigenvalue weighted by Crippen LogP contribution is 2.20. The average molecular weight is 469 g/mol. The third-order valence-electron chi connectivity index (χ3n) is 3.81. The Labute approximate surface area is 172 Å². The van der Waals surface area contributed by atoms with Gasteiger partial charge in [-0.15, -0.1) is 24.0 Å². The van der Waals surface area contributed by atoms with E-state index in [-0.39, 0.29) is 24.0 Å². The number of hydrogen-bond donors (Lipinski definition) is 3. The Balaban J connectivity index is 0.00000338. The molecule has 5 nitrogen and oxygen atoms in total. The largest absolute Gasteiger partial charge is 0.508 e. The van der Waals surface area contributed by atoms with E-state index in [0.717, 1.165) is 42.3 Å². The van der Waals surface area contributed by atoms with Gasteiger partial charge in [0.15, 0.2) is 5.96 Å². The number of guanidine groups is 1. The first-order chi connectivity index (χ1) is 12.1. The zero-order valence-electron chi connectivity index (χ0n) is 15.6. The molecule has 0 bridgehead atoms. The Hall–Kier alpha value is -1.96. The Kier molecular flexibility index (Phi) is 9.87. The second kappa shape index (κ2) is 11.6. The van der Waals surface area contributed by atoms with Crippen LogP contribution in [0.3, 0.4) is 0 Å². The van der Waals surface area contributed by atoms with E-state index in [1.54, 1.807) is 19.2 Å². The second-order valence-electron chi connectivity index (χ2n) is 5.86. The number of aryl methyl sites for hydroxylation is 1. The maximum absolute atomic E-state index is 9.52. The van der Waals surface area contributed by atoms with Gasteiger partial charge in [0.1, 0.15) is 11.5 Å². The number of ether oxygens (including phenoxy) is 1. The van der Waals surface area contributed by atoms with Crippen LogP contribution in [0, 0.1) is 6.92 Å². The van der Waals surface area contributed by atoms with Crippen LogP contribution in [-0.2, 0) is 13.0 Å². The van der Waals surface area contributed by atoms with Crippen molar-refractivity contribution in [2.75, 3.05) is 20.2 Å². The molecule has 0 amide bonds. The van der Waals surface area contributed by atoms with Gasteiger partial charge in [-0.25, -0.2) is 4.99 Å². The summed E-state index contributed by atoms with van der Waals surface area (Å²) in [6.45, 7) is 6.16. The molecule has 0 aliphatic carbocycles. The maximum atomic E-state index is 9.52. The van der Waals surface area contributed by atoms with Crippen molar-refractivity contribution >= 4 is 29.9 Å². The molecule has 0 atom stereocenters. The molecule has 0 radical (unpaired) electrons. The standard InChI is InChI=1S/C20H27N3O2.HI/c1-4-21-20(22-11-10-16-6-5-7-18(24)13-16)23-14-17-9-8-15(2)12-19(17)25-3;/h5-9,12-13,24H,4,10-11,14H2,1-3H3,(H2,21,22,23);1H. The van der Waals surface area contributed by atoms with Gasteiger partial charge >= 0.3 is 0 Å². The summed E-state index contributed by atoms with van der Waals surface area (Å²) in [5.74, 6) is 1.93. The lowest BCUT2D eigenvalue weighted by molar-refractivity contribution is 0.409. The van der Waals surface area contributed by atoms with Crippen LogP contribution in [0.25, 0.3) is 0 Å². The molecule has 0 heterocycles. The molecule has 0 aromatic heterocycles. The maximum Gasteiger partial charge on any atom is 0.191 e. The number of rotatable bonds is 7. The van der Waals surface area contributed by atoms with E-state index in [2.05, 4.69) is 21.7 Å². The molecule has 2 rings (SSSR count). The molecular formula is C20H28IN3O2. The number of nitrogens with one attached hydrogen (secondary N) is 2. The van der Waals surface area contributed by atoms with E-state index < -0.39 is 0 Å². The fourth-order valence-electron chi connectivity index (χ4n) is 2.53. The number of hydrogen-bond acceptors (Lipinski definition) is 3. The number of halogens is 1. The smallest absolute Gasteiger partial charge is 0.191 e. The van der Waals surface area contributed by atoms with Gasteiger partial charge in [-0.05, 0) is 49.6 Å². The van der Waals surface area contributed by atoms with Crippen molar-refractivity contribution in [3.8, 4) is 11.5 Å². The third kappa shape index (κ3) is 7.11. The summed E-state index contributed by atoms with van der Waals surface area (Å²) in [5.41, 5.74) is 3.31. The minimum absolute atomic E-state index is 0. The summed E-state index contributed by atoms with van der Waals surface area (Å²) >= 11 is 0. The van der Waals surface area contributed by atoms with E-state index in [9.17, 15) is 5.11 Å². The van der Waals surface area contributed by atoms with Gasteiger partial charge < -0.3 is 20.5 Å². The van der Waals surface area contributed by atoms with Gasteiger partial charge in [0, 0.05) is 18.7 Å². The zero-order valence-corrected chi connectivity index (χ0v) is 17.9. The summed E-state index contributed by atoms with van der Waals surface area (Å²) in [4.78, 5) is 4.64. The number of aromatic hydroxyl groups is 1. The number of aliphatic imine (C=N–C) groups is 1. The Morgan fingerprint density at radius 3 is 2.65 bits per heavy atom. The predicted molar refractivity (Wildman–Crippen MR) is 118 cm³/mol. The van der Waals surface area contributed by atoms with E-state index >= 15 is 0 Å². The molecule has 0 aliphatic heterocycles. The summed E-state index contributed by atoms with van der Waals surface area (Å²) < 4.78 is 5.43. The van der Waals surface area contributed by atoms with Crippen molar-refractivity contribution in [2.45, 2.75) is 26.8 Å². The first-order valence-corrected chi connectivity index (χ1v) is 8.56. The van der Waals surface area contributed by atoms with Crippen molar-refractivity contribution in [1.29, 1.82) is 0 Å². The molecule has 0 fully saturated rings. The van der Waals surface area contributed by atoms with Crippen molar-refractivity contribution in [3.05, 3.63) is 59.2 Å². The van der Waals surface area contributed by atoms with E-state index in [4.69, 9.17) is 4.74 Å². The number of methoxy groups -OCH3 is 1. The van der Waals surface area contributed by atoms with Gasteiger partial charge in [0.05, 0.1) is 13.7 Å². The van der Waals surface area contributed by atoms with Crippen molar-refractivity contribution in [1.82, 2.24) is 10.6 Å². The molecule has 26 heavy (non-hydrogen) atoms. The summed E-state index contributed by atoms with van der Waals surface area (Å²) in [6, 6.07) is 13.5. The monoisotopic (exact) mass is 469 g/mol. The van der Waals surface area contributed by atoms with Gasteiger partial charge in [-0.3, -0.25) is 0 Å². The molecular weight excluding hydrogens is 441 g/mol. The average Bonchev–Trinajstić information content (AvgIpc) is 2.60. The molecule has 2 aromatic rings. The molecule has 0 spiro atoms. The number of nitrogens with zero attached hydrogens (tertiary/aromatic N) is 1. The van der Waals surface area contributed by atoms with Crippen LogP contribution in [-0.4, -0.2) is 31.3 Å². The molecule has 0 aliphatic rings. The van der Waals surface area contributed by atoms with Gasteiger partial charge in [0.2, 0.25) is 0 Å². The molecule has 2 aromatic carbocycles. The van der Waals surface area contributed by atoms with Crippen LogP contribution >= 0.6 is 24.0 Å². The fraction of sp³-hybridized carbons (Fsp3) is 0.350. The molecule has 0 saturated carbocycles. The highest BCUT2D eigenvalue weighted by atomic mass is 127. The molecule has 6 heteroatoms. The van der Waals surface area contributed by atoms with Crippen LogP contribution in [0.4, 0.5) is 0 Å². The first-order valence-electron chi connectivity index (χ1n) is 8.56. The van der Waals surface area contributed by atoms with Gasteiger partial charge in [-0.1, -0.05) is 24.3 Å². The molecule has 142 valence electrons. The summed E-state index contributed by atoms with van der Waals surface area (Å²) in [7, 11) is 1.68. The van der Waals surface area contributed by atoms with E-state index in [1.807, 2.05) is 38.1 Å². The Bertz CT molecular complexity index is 720. The summed E-state index contributed by atoms with van der Waals surface area (Å²) in [6.07, 6.45) is 0.812. The van der Waals surface area contributed by atoms with Crippen LogP contribution in [0.5, 0.6) is 11.5 Å². The Morgan fingerprint density at radius 2 is 1.96 bits per heavy atom. The number of benzene rings is 2. The lowest BCUT2D eigenvalue weighted by Gasteiger charge is -2.12. The number of phenolic OH excluding ortho intramolecular Hbond substituents is 1. The number of phenols is 1. The van der Waals surface area contributed by atoms with Crippen molar-refractivity contribution in [2.24, 2.45) is 4.99 Å². The fourth-order valence-corrected chi connectivity index (χ4v) is 2.53. The topological polar surface area (TPSA) is 65.9 Å². The molecule has 3 N–H and O–H groups in total. The van der Waals surface area contributed by atoms with E-state index in [1.165, 1.54) is 5.56 Å². The predicted octanol–water partition coefficient (Wildman–Crippen LogP) is 3.63. The quantitative estimate of drug-likeness (QED) is 0.329. The van der Waals surface area contributed by atoms with Crippen LogP contribution in [0.1, 0.15) is 23.6 Å². The molecule has 0 saturated heterocycles. The van der Waals surface area contributed by atoms with E-state index in [0.29, 0.717) is 12.3 Å². The lowest BCUT2D eigenvalue weighted by Crippen LogP contribution is -2.38. The van der Waals surface area contributed by atoms with Crippen LogP contribution in [0.2, 0.25) is 0 Å². The highest BCUT2D eigenvalue weighted by molar-refractivity contribution is 14.0. The van der Waals surface area contributed by atoms with Crippen molar-refractivity contribution in [3.63, 3.8) is 0 Å². The minimum atomic E-state index is 0. The van der Waals surface area contributed by atoms with Crippen molar-refractivity contribution < 1.29 is 9.84 Å². The Morgan fingerprint density at radius 1 is 1.15 bits per heavy atom. The van der Waals surface area contributed by atoms with Gasteiger partial charge in [-0.2, -0.15) is 0 Å². The lowest BCUT2D eigenvalue weighted by atomic mass is 10.1. The van der Waals surface area contributed by atoms with Gasteiger partial charge in [0.25, 0.3) is 0 Å². The molecule has 0 unspecified atom stereocenters. The normalized spacial score (nSPS) is 10.8. The SMILES string of the molecule is CCNC(=NCc1ccc(C)cc1OC)NCCc1cccc(O)c1.I. The van der Waals surface area contributed by atoms with Crippen LogP contribution < -0.4 is 15.4 Å². The second-order valence-corrected chi connectivity index (χ2v) is 5.86. The zero-order chi connectivity index (χ0) is 18.1. The summed E-state index contributed by atoms with van der Waals surface area (Å²) in [5, 5.41) is 16.1. The minimum Gasteiger partial charge on any atom is -0.508 e. The third-order valence-corrected chi connectivity index (χ3v) is 3.81. The first kappa shape index (κ1) is 22.1. The van der Waals surface area contributed by atoms with Crippen LogP contribution in [0.15, 0.2) is 47.5 Å². The highest BCUT2D eigenvalue weighted by Gasteiger charge is 2.04.